The highest BCUT2D eigenvalue weighted by atomic mass is 32.2. The van der Waals surface area contributed by atoms with Crippen molar-refractivity contribution in [2.45, 2.75) is 10.6 Å². The maximum absolute atomic E-state index is 12.1. The Morgan fingerprint density at radius 3 is 2.44 bits per heavy atom. The predicted molar refractivity (Wildman–Crippen MR) is 102 cm³/mol. The molecule has 0 aliphatic heterocycles. The molecular weight excluding hydrogens is 330 g/mol. The van der Waals surface area contributed by atoms with Crippen molar-refractivity contribution in [2.24, 2.45) is 5.10 Å². The number of carbonyl (C=O) groups excluding carboxylic acids is 1. The molecule has 0 fully saturated rings. The summed E-state index contributed by atoms with van der Waals surface area (Å²) in [6.45, 7) is 0. The number of thioether (sulfide) groups is 1. The quantitative estimate of drug-likeness (QED) is 0.414. The zero-order valence-electron chi connectivity index (χ0n) is 13.5. The molecule has 0 saturated heterocycles. The van der Waals surface area contributed by atoms with Gasteiger partial charge in [0.05, 0.1) is 6.21 Å². The van der Waals surface area contributed by atoms with E-state index in [0.717, 1.165) is 11.3 Å². The van der Waals surface area contributed by atoms with Crippen molar-refractivity contribution in [3.8, 4) is 0 Å². The number of pyridine rings is 1. The standard InChI is InChI=1S/C20H17N3OS/c24-20(23-22-14-16-10-12-21-13-11-16)18-8-6-17(7-9-18)15-25-19-4-2-1-3-5-19/h1-14H,15H2,(H,23,24)/b22-14+. The fourth-order valence-electron chi connectivity index (χ4n) is 2.12. The van der Waals surface area contributed by atoms with Gasteiger partial charge >= 0.3 is 0 Å². The molecule has 5 heteroatoms. The van der Waals surface area contributed by atoms with Crippen molar-refractivity contribution in [1.29, 1.82) is 0 Å². The molecule has 3 rings (SSSR count). The van der Waals surface area contributed by atoms with Gasteiger partial charge in [-0.1, -0.05) is 30.3 Å². The van der Waals surface area contributed by atoms with Gasteiger partial charge in [0.25, 0.3) is 5.91 Å². The molecular formula is C20H17N3OS. The van der Waals surface area contributed by atoms with E-state index < -0.39 is 0 Å². The number of nitrogens with one attached hydrogen (secondary N) is 1. The average molecular weight is 347 g/mol. The van der Waals surface area contributed by atoms with Gasteiger partial charge in [0, 0.05) is 28.6 Å². The minimum absolute atomic E-state index is 0.229. The van der Waals surface area contributed by atoms with E-state index in [0.29, 0.717) is 5.56 Å². The van der Waals surface area contributed by atoms with Gasteiger partial charge in [-0.25, -0.2) is 5.43 Å². The molecule has 0 saturated carbocycles. The maximum Gasteiger partial charge on any atom is 0.271 e. The third-order valence-electron chi connectivity index (χ3n) is 3.45. The van der Waals surface area contributed by atoms with E-state index in [-0.39, 0.29) is 5.91 Å². The lowest BCUT2D eigenvalue weighted by atomic mass is 10.1. The molecule has 3 aromatic rings. The van der Waals surface area contributed by atoms with E-state index in [1.807, 2.05) is 54.6 Å². The van der Waals surface area contributed by atoms with Crippen molar-refractivity contribution in [2.75, 3.05) is 0 Å². The Balaban J connectivity index is 1.52. The second-order valence-corrected chi connectivity index (χ2v) is 6.33. The highest BCUT2D eigenvalue weighted by Gasteiger charge is 2.04. The van der Waals surface area contributed by atoms with Gasteiger partial charge in [-0.3, -0.25) is 9.78 Å². The van der Waals surface area contributed by atoms with Crippen molar-refractivity contribution in [3.63, 3.8) is 0 Å². The van der Waals surface area contributed by atoms with E-state index in [1.54, 1.807) is 30.4 Å². The molecule has 0 spiro atoms. The number of hydrazone groups is 1. The summed E-state index contributed by atoms with van der Waals surface area (Å²) in [5.74, 6) is 0.638. The van der Waals surface area contributed by atoms with Crippen molar-refractivity contribution in [3.05, 3.63) is 95.8 Å². The van der Waals surface area contributed by atoms with Gasteiger partial charge in [0.2, 0.25) is 0 Å². The van der Waals surface area contributed by atoms with Crippen LogP contribution in [0.25, 0.3) is 0 Å². The van der Waals surface area contributed by atoms with Crippen LogP contribution in [0.4, 0.5) is 0 Å². The number of hydrogen-bond acceptors (Lipinski definition) is 4. The Labute approximate surface area is 151 Å². The third kappa shape index (κ3) is 5.29. The normalized spacial score (nSPS) is 10.7. The average Bonchev–Trinajstić information content (AvgIpc) is 2.68. The Kier molecular flexibility index (Phi) is 5.96. The smallest absolute Gasteiger partial charge is 0.267 e. The fraction of sp³-hybridized carbons (Fsp3) is 0.0500. The van der Waals surface area contributed by atoms with E-state index in [4.69, 9.17) is 0 Å². The first-order valence-electron chi connectivity index (χ1n) is 7.81. The summed E-state index contributed by atoms with van der Waals surface area (Å²) in [4.78, 5) is 17.2. The van der Waals surface area contributed by atoms with Gasteiger partial charge in [-0.2, -0.15) is 5.10 Å². The SMILES string of the molecule is O=C(N/N=C/c1ccncc1)c1ccc(CSc2ccccc2)cc1. The van der Waals surface area contributed by atoms with Crippen LogP contribution in [0, 0.1) is 0 Å². The Hall–Kier alpha value is -2.92. The van der Waals surface area contributed by atoms with Crippen molar-refractivity contribution in [1.82, 2.24) is 10.4 Å². The largest absolute Gasteiger partial charge is 0.271 e. The van der Waals surface area contributed by atoms with E-state index in [9.17, 15) is 4.79 Å². The van der Waals surface area contributed by atoms with Crippen LogP contribution in [0.2, 0.25) is 0 Å². The monoisotopic (exact) mass is 347 g/mol. The second-order valence-electron chi connectivity index (χ2n) is 5.28. The van der Waals surface area contributed by atoms with Crippen LogP contribution in [-0.2, 0) is 5.75 Å². The van der Waals surface area contributed by atoms with Crippen LogP contribution in [0.1, 0.15) is 21.5 Å². The summed E-state index contributed by atoms with van der Waals surface area (Å²) in [6.07, 6.45) is 4.94. The van der Waals surface area contributed by atoms with Crippen LogP contribution >= 0.6 is 11.8 Å². The summed E-state index contributed by atoms with van der Waals surface area (Å²) in [5, 5.41) is 3.96. The number of carbonyl (C=O) groups is 1. The molecule has 2 aromatic carbocycles. The lowest BCUT2D eigenvalue weighted by Crippen LogP contribution is -2.17. The minimum atomic E-state index is -0.229. The van der Waals surface area contributed by atoms with Gasteiger partial charge < -0.3 is 0 Å². The molecule has 1 heterocycles. The molecule has 1 N–H and O–H groups in total. The number of nitrogens with zero attached hydrogens (tertiary/aromatic N) is 2. The molecule has 0 bridgehead atoms. The summed E-state index contributed by atoms with van der Waals surface area (Å²) < 4.78 is 0. The van der Waals surface area contributed by atoms with E-state index in [1.165, 1.54) is 10.5 Å². The third-order valence-corrected chi connectivity index (χ3v) is 4.53. The number of aromatic nitrogens is 1. The first-order chi connectivity index (χ1) is 12.3. The summed E-state index contributed by atoms with van der Waals surface area (Å²) in [7, 11) is 0. The second kappa shape index (κ2) is 8.80. The van der Waals surface area contributed by atoms with Gasteiger partial charge in [-0.05, 0) is 47.5 Å². The maximum atomic E-state index is 12.1. The first-order valence-corrected chi connectivity index (χ1v) is 8.80. The lowest BCUT2D eigenvalue weighted by molar-refractivity contribution is 0.0955. The summed E-state index contributed by atoms with van der Waals surface area (Å²) in [6, 6.07) is 21.5. The molecule has 0 unspecified atom stereocenters. The number of hydrogen-bond donors (Lipinski definition) is 1. The van der Waals surface area contributed by atoms with E-state index >= 15 is 0 Å². The minimum Gasteiger partial charge on any atom is -0.267 e. The first kappa shape index (κ1) is 16.9. The molecule has 25 heavy (non-hydrogen) atoms. The summed E-state index contributed by atoms with van der Waals surface area (Å²) >= 11 is 1.77. The van der Waals surface area contributed by atoms with Crippen molar-refractivity contribution >= 4 is 23.9 Å². The molecule has 0 aliphatic carbocycles. The zero-order valence-corrected chi connectivity index (χ0v) is 14.3. The topological polar surface area (TPSA) is 54.4 Å². The molecule has 124 valence electrons. The Morgan fingerprint density at radius 2 is 1.72 bits per heavy atom. The highest BCUT2D eigenvalue weighted by molar-refractivity contribution is 7.98. The van der Waals surface area contributed by atoms with Crippen LogP contribution < -0.4 is 5.43 Å². The fourth-order valence-corrected chi connectivity index (χ4v) is 2.99. The molecule has 1 amide bonds. The number of benzene rings is 2. The number of amides is 1. The zero-order chi connectivity index (χ0) is 17.3. The number of rotatable bonds is 6. The summed E-state index contributed by atoms with van der Waals surface area (Å²) in [5.41, 5.74) is 5.16. The van der Waals surface area contributed by atoms with Crippen LogP contribution in [-0.4, -0.2) is 17.1 Å². The Morgan fingerprint density at radius 1 is 1.00 bits per heavy atom. The lowest BCUT2D eigenvalue weighted by Gasteiger charge is -2.04. The highest BCUT2D eigenvalue weighted by Crippen LogP contribution is 2.22. The van der Waals surface area contributed by atoms with Gasteiger partial charge in [-0.15, -0.1) is 11.8 Å². The molecule has 0 radical (unpaired) electrons. The molecule has 0 atom stereocenters. The van der Waals surface area contributed by atoms with Crippen LogP contribution in [0.3, 0.4) is 0 Å². The molecule has 4 nitrogen and oxygen atoms in total. The Bertz CT molecular complexity index is 834. The van der Waals surface area contributed by atoms with Crippen molar-refractivity contribution < 1.29 is 4.79 Å². The van der Waals surface area contributed by atoms with Crippen LogP contribution in [0.5, 0.6) is 0 Å². The van der Waals surface area contributed by atoms with Gasteiger partial charge in [0.15, 0.2) is 0 Å². The predicted octanol–water partition coefficient (Wildman–Crippen LogP) is 4.14. The van der Waals surface area contributed by atoms with Gasteiger partial charge in [0.1, 0.15) is 0 Å². The van der Waals surface area contributed by atoms with E-state index in [2.05, 4.69) is 27.6 Å². The molecule has 1 aromatic heterocycles. The van der Waals surface area contributed by atoms with Crippen LogP contribution in [0.15, 0.2) is 89.1 Å². The molecule has 0 aliphatic rings.